The molecule has 6 nitrogen and oxygen atoms in total. The van der Waals surface area contributed by atoms with E-state index in [1.807, 2.05) is 0 Å². The SMILES string of the molecule is COc1cccc(C(=O)NC(CO)C(=O)NC2CCCCCCC2)c1. The van der Waals surface area contributed by atoms with Crippen molar-refractivity contribution < 1.29 is 19.4 Å². The van der Waals surface area contributed by atoms with E-state index in [9.17, 15) is 14.7 Å². The van der Waals surface area contributed by atoms with Gasteiger partial charge in [0.2, 0.25) is 5.91 Å². The van der Waals surface area contributed by atoms with Crippen molar-refractivity contribution in [2.24, 2.45) is 0 Å². The largest absolute Gasteiger partial charge is 0.497 e. The highest BCUT2D eigenvalue weighted by atomic mass is 16.5. The van der Waals surface area contributed by atoms with Crippen molar-refractivity contribution in [1.82, 2.24) is 10.6 Å². The van der Waals surface area contributed by atoms with Gasteiger partial charge in [-0.05, 0) is 31.0 Å². The Bertz CT molecular complexity index is 568. The molecular weight excluding hydrogens is 320 g/mol. The average molecular weight is 348 g/mol. The molecule has 1 aliphatic rings. The monoisotopic (exact) mass is 348 g/mol. The van der Waals surface area contributed by atoms with Gasteiger partial charge < -0.3 is 20.5 Å². The van der Waals surface area contributed by atoms with Crippen LogP contribution in [0.2, 0.25) is 0 Å². The number of aliphatic hydroxyl groups excluding tert-OH is 1. The summed E-state index contributed by atoms with van der Waals surface area (Å²) in [4.78, 5) is 24.7. The fourth-order valence-corrected chi connectivity index (χ4v) is 3.10. The van der Waals surface area contributed by atoms with Gasteiger partial charge in [-0.25, -0.2) is 0 Å². The van der Waals surface area contributed by atoms with E-state index in [2.05, 4.69) is 10.6 Å². The number of nitrogens with one attached hydrogen (secondary N) is 2. The first-order valence-electron chi connectivity index (χ1n) is 9.00. The van der Waals surface area contributed by atoms with Crippen molar-refractivity contribution in [3.8, 4) is 5.75 Å². The molecule has 0 heterocycles. The molecule has 0 aromatic heterocycles. The van der Waals surface area contributed by atoms with Crippen LogP contribution in [0.5, 0.6) is 5.75 Å². The molecule has 138 valence electrons. The number of rotatable bonds is 6. The van der Waals surface area contributed by atoms with Crippen LogP contribution in [0.15, 0.2) is 24.3 Å². The third kappa shape index (κ3) is 6.05. The Labute approximate surface area is 149 Å². The van der Waals surface area contributed by atoms with E-state index >= 15 is 0 Å². The van der Waals surface area contributed by atoms with Crippen molar-refractivity contribution in [1.29, 1.82) is 0 Å². The number of carbonyl (C=O) groups excluding carboxylic acids is 2. The van der Waals surface area contributed by atoms with Crippen LogP contribution in [0.4, 0.5) is 0 Å². The Balaban J connectivity index is 1.93. The number of benzene rings is 1. The molecule has 2 amide bonds. The number of aliphatic hydroxyl groups is 1. The van der Waals surface area contributed by atoms with Gasteiger partial charge in [0.15, 0.2) is 0 Å². The highest BCUT2D eigenvalue weighted by Crippen LogP contribution is 2.17. The summed E-state index contributed by atoms with van der Waals surface area (Å²) in [6.07, 6.45) is 7.76. The van der Waals surface area contributed by atoms with Crippen molar-refractivity contribution in [2.45, 2.75) is 57.0 Å². The predicted octanol–water partition coefficient (Wildman–Crippen LogP) is 2.01. The second-order valence-electron chi connectivity index (χ2n) is 6.49. The molecule has 0 spiro atoms. The van der Waals surface area contributed by atoms with Gasteiger partial charge in [0, 0.05) is 11.6 Å². The third-order valence-corrected chi connectivity index (χ3v) is 4.59. The number of hydrogen-bond acceptors (Lipinski definition) is 4. The molecule has 1 atom stereocenters. The van der Waals surface area contributed by atoms with Crippen LogP contribution in [0.25, 0.3) is 0 Å². The van der Waals surface area contributed by atoms with Crippen LogP contribution in [0, 0.1) is 0 Å². The summed E-state index contributed by atoms with van der Waals surface area (Å²) >= 11 is 0. The maximum Gasteiger partial charge on any atom is 0.252 e. The van der Waals surface area contributed by atoms with Crippen LogP contribution < -0.4 is 15.4 Å². The predicted molar refractivity (Wildman–Crippen MR) is 95.6 cm³/mol. The zero-order valence-electron chi connectivity index (χ0n) is 14.8. The smallest absolute Gasteiger partial charge is 0.252 e. The quantitative estimate of drug-likeness (QED) is 0.734. The van der Waals surface area contributed by atoms with E-state index < -0.39 is 18.6 Å². The maximum absolute atomic E-state index is 12.4. The highest BCUT2D eigenvalue weighted by molar-refractivity contribution is 5.97. The standard InChI is InChI=1S/C19H28N2O4/c1-25-16-11-7-8-14(12-16)18(23)21-17(13-22)19(24)20-15-9-5-3-2-4-6-10-15/h7-8,11-12,15,17,22H,2-6,9-10,13H2,1H3,(H,20,24)(H,21,23). The molecule has 0 radical (unpaired) electrons. The summed E-state index contributed by atoms with van der Waals surface area (Å²) in [5.74, 6) is -0.178. The molecule has 1 aliphatic carbocycles. The van der Waals surface area contributed by atoms with E-state index in [0.717, 1.165) is 25.7 Å². The average Bonchev–Trinajstić information content (AvgIpc) is 2.61. The van der Waals surface area contributed by atoms with Crippen molar-refractivity contribution in [3.05, 3.63) is 29.8 Å². The molecule has 0 saturated heterocycles. The van der Waals surface area contributed by atoms with E-state index in [0.29, 0.717) is 11.3 Å². The molecule has 1 unspecified atom stereocenters. The van der Waals surface area contributed by atoms with Gasteiger partial charge in [-0.3, -0.25) is 9.59 Å². The summed E-state index contributed by atoms with van der Waals surface area (Å²) in [5, 5.41) is 15.1. The van der Waals surface area contributed by atoms with E-state index in [1.54, 1.807) is 24.3 Å². The Morgan fingerprint density at radius 3 is 2.52 bits per heavy atom. The summed E-state index contributed by atoms with van der Waals surface area (Å²) in [6, 6.07) is 5.84. The molecule has 2 rings (SSSR count). The van der Waals surface area contributed by atoms with Crippen molar-refractivity contribution >= 4 is 11.8 Å². The minimum absolute atomic E-state index is 0.121. The lowest BCUT2D eigenvalue weighted by molar-refractivity contribution is -0.124. The lowest BCUT2D eigenvalue weighted by Crippen LogP contribution is -2.51. The van der Waals surface area contributed by atoms with E-state index in [4.69, 9.17) is 4.74 Å². The lowest BCUT2D eigenvalue weighted by atomic mass is 9.96. The Hall–Kier alpha value is -2.08. The molecule has 3 N–H and O–H groups in total. The number of hydrogen-bond donors (Lipinski definition) is 3. The van der Waals surface area contributed by atoms with Gasteiger partial charge in [0.05, 0.1) is 13.7 Å². The molecule has 0 aliphatic heterocycles. The first-order chi connectivity index (χ1) is 12.1. The van der Waals surface area contributed by atoms with Crippen molar-refractivity contribution in [2.75, 3.05) is 13.7 Å². The molecule has 1 fully saturated rings. The topological polar surface area (TPSA) is 87.7 Å². The normalized spacial score (nSPS) is 17.0. The van der Waals surface area contributed by atoms with Crippen LogP contribution in [-0.2, 0) is 4.79 Å². The van der Waals surface area contributed by atoms with Gasteiger partial charge in [0.25, 0.3) is 5.91 Å². The van der Waals surface area contributed by atoms with Crippen LogP contribution in [0.3, 0.4) is 0 Å². The van der Waals surface area contributed by atoms with Crippen LogP contribution >= 0.6 is 0 Å². The van der Waals surface area contributed by atoms with Gasteiger partial charge in [-0.1, -0.05) is 38.2 Å². The highest BCUT2D eigenvalue weighted by Gasteiger charge is 2.23. The second kappa shape index (κ2) is 10.0. The molecule has 25 heavy (non-hydrogen) atoms. The number of methoxy groups -OCH3 is 1. The molecule has 1 saturated carbocycles. The Morgan fingerprint density at radius 2 is 1.88 bits per heavy atom. The fraction of sp³-hybridized carbons (Fsp3) is 0.579. The van der Waals surface area contributed by atoms with Gasteiger partial charge in [-0.2, -0.15) is 0 Å². The molecule has 6 heteroatoms. The Kier molecular flexibility index (Phi) is 7.73. The minimum Gasteiger partial charge on any atom is -0.497 e. The Morgan fingerprint density at radius 1 is 1.20 bits per heavy atom. The summed E-state index contributed by atoms with van der Waals surface area (Å²) in [7, 11) is 1.52. The molecular formula is C19H28N2O4. The van der Waals surface area contributed by atoms with Crippen LogP contribution in [0.1, 0.15) is 55.3 Å². The fourth-order valence-electron chi connectivity index (χ4n) is 3.10. The number of amides is 2. The number of ether oxygens (including phenoxy) is 1. The molecule has 1 aromatic carbocycles. The minimum atomic E-state index is -0.954. The van der Waals surface area contributed by atoms with Gasteiger partial charge in [-0.15, -0.1) is 0 Å². The van der Waals surface area contributed by atoms with E-state index in [-0.39, 0.29) is 11.9 Å². The number of carbonyl (C=O) groups is 2. The summed E-state index contributed by atoms with van der Waals surface area (Å²) in [6.45, 7) is -0.436. The first kappa shape index (κ1) is 19.2. The van der Waals surface area contributed by atoms with Crippen LogP contribution in [-0.4, -0.2) is 42.7 Å². The lowest BCUT2D eigenvalue weighted by Gasteiger charge is -2.24. The zero-order valence-corrected chi connectivity index (χ0v) is 14.8. The second-order valence-corrected chi connectivity index (χ2v) is 6.49. The first-order valence-corrected chi connectivity index (χ1v) is 9.00. The van der Waals surface area contributed by atoms with E-state index in [1.165, 1.54) is 26.4 Å². The van der Waals surface area contributed by atoms with Gasteiger partial charge >= 0.3 is 0 Å². The molecule has 0 bridgehead atoms. The maximum atomic E-state index is 12.4. The summed E-state index contributed by atoms with van der Waals surface area (Å²) < 4.78 is 5.10. The van der Waals surface area contributed by atoms with Crippen molar-refractivity contribution in [3.63, 3.8) is 0 Å². The van der Waals surface area contributed by atoms with Gasteiger partial charge in [0.1, 0.15) is 11.8 Å². The summed E-state index contributed by atoms with van der Waals surface area (Å²) in [5.41, 5.74) is 0.386. The molecule has 1 aromatic rings. The zero-order chi connectivity index (χ0) is 18.1. The third-order valence-electron chi connectivity index (χ3n) is 4.59.